The Morgan fingerprint density at radius 2 is 1.91 bits per heavy atom. The first-order valence-electron chi connectivity index (χ1n) is 11.3. The predicted molar refractivity (Wildman–Crippen MR) is 128 cm³/mol. The fourth-order valence-corrected chi connectivity index (χ4v) is 5.96. The average molecular weight is 479 g/mol. The molecule has 0 aliphatic carbocycles. The van der Waals surface area contributed by atoms with E-state index in [1.54, 1.807) is 43.5 Å². The molecule has 9 nitrogen and oxygen atoms in total. The van der Waals surface area contributed by atoms with Gasteiger partial charge in [0.05, 0.1) is 17.2 Å². The normalized spacial score (nSPS) is 16.2. The Morgan fingerprint density at radius 1 is 1.21 bits per heavy atom. The van der Waals surface area contributed by atoms with E-state index in [9.17, 15) is 13.5 Å². The number of aryl methyl sites for hydroxylation is 1. The van der Waals surface area contributed by atoms with E-state index in [4.69, 9.17) is 5.26 Å². The maximum absolute atomic E-state index is 13.4. The summed E-state index contributed by atoms with van der Waals surface area (Å²) in [5, 5.41) is 22.3. The standard InChI is InChI=1S/C24H26N6O3S/c1-16-3-5-19(6-4-16)34(32,33)29-14-10-20-22-21(15-26-24(20)29)27-23(17(2)31)30(22)28-12-8-18(7-11-25)9-13-28/h3-6,10,14-15,17-18,31H,7-9,12-13H2,1-2H3. The summed E-state index contributed by atoms with van der Waals surface area (Å²) in [6.45, 7) is 5.00. The monoisotopic (exact) mass is 478 g/mol. The van der Waals surface area contributed by atoms with Crippen LogP contribution in [-0.2, 0) is 10.0 Å². The minimum absolute atomic E-state index is 0.190. The van der Waals surface area contributed by atoms with Crippen LogP contribution >= 0.6 is 0 Å². The average Bonchev–Trinajstić information content (AvgIpc) is 3.42. The zero-order valence-corrected chi connectivity index (χ0v) is 19.9. The molecular weight excluding hydrogens is 452 g/mol. The van der Waals surface area contributed by atoms with Gasteiger partial charge >= 0.3 is 0 Å². The zero-order valence-electron chi connectivity index (χ0n) is 19.1. The van der Waals surface area contributed by atoms with Crippen LogP contribution in [-0.4, -0.2) is 45.2 Å². The lowest BCUT2D eigenvalue weighted by Gasteiger charge is -2.35. The van der Waals surface area contributed by atoms with Crippen molar-refractivity contribution in [3.63, 3.8) is 0 Å². The molecule has 0 bridgehead atoms. The Morgan fingerprint density at radius 3 is 2.56 bits per heavy atom. The van der Waals surface area contributed by atoms with Gasteiger partial charge in [0.2, 0.25) is 0 Å². The van der Waals surface area contributed by atoms with Crippen LogP contribution in [0.4, 0.5) is 0 Å². The second-order valence-electron chi connectivity index (χ2n) is 8.88. The first kappa shape index (κ1) is 22.4. The van der Waals surface area contributed by atoms with Crippen molar-refractivity contribution in [3.05, 3.63) is 54.1 Å². The lowest BCUT2D eigenvalue weighted by Crippen LogP contribution is -2.42. The molecule has 1 N–H and O–H groups in total. The Bertz CT molecular complexity index is 1500. The van der Waals surface area contributed by atoms with Crippen LogP contribution < -0.4 is 5.01 Å². The van der Waals surface area contributed by atoms with Gasteiger partial charge in [0.15, 0.2) is 11.5 Å². The molecule has 0 radical (unpaired) electrons. The van der Waals surface area contributed by atoms with E-state index in [1.807, 2.05) is 11.6 Å². The fraction of sp³-hybridized carbons (Fsp3) is 0.375. The maximum atomic E-state index is 13.4. The summed E-state index contributed by atoms with van der Waals surface area (Å²) < 4.78 is 29.9. The number of pyridine rings is 1. The lowest BCUT2D eigenvalue weighted by molar-refractivity contribution is 0.182. The molecule has 1 aliphatic rings. The number of imidazole rings is 1. The van der Waals surface area contributed by atoms with Crippen molar-refractivity contribution in [3.8, 4) is 6.07 Å². The molecule has 3 aromatic heterocycles. The Hall–Kier alpha value is -3.42. The van der Waals surface area contributed by atoms with Gasteiger partial charge in [-0.05, 0) is 50.8 Å². The quantitative estimate of drug-likeness (QED) is 0.468. The van der Waals surface area contributed by atoms with E-state index < -0.39 is 16.1 Å². The first-order valence-corrected chi connectivity index (χ1v) is 12.8. The summed E-state index contributed by atoms with van der Waals surface area (Å²) >= 11 is 0. The van der Waals surface area contributed by atoms with Crippen molar-refractivity contribution >= 4 is 32.1 Å². The fourth-order valence-electron chi connectivity index (χ4n) is 4.66. The van der Waals surface area contributed by atoms with E-state index in [0.29, 0.717) is 47.8 Å². The zero-order chi connectivity index (χ0) is 24.0. The van der Waals surface area contributed by atoms with Gasteiger partial charge in [-0.2, -0.15) is 5.26 Å². The molecule has 5 rings (SSSR count). The van der Waals surface area contributed by atoms with E-state index in [0.717, 1.165) is 23.9 Å². The molecule has 0 spiro atoms. The SMILES string of the molecule is Cc1ccc(S(=O)(=O)n2ccc3c2ncc2nc(C(C)O)n(N4CCC(CC#N)CC4)c23)cc1. The van der Waals surface area contributed by atoms with Crippen molar-refractivity contribution in [1.29, 1.82) is 5.26 Å². The number of piperidine rings is 1. The number of benzene rings is 1. The maximum Gasteiger partial charge on any atom is 0.269 e. The van der Waals surface area contributed by atoms with E-state index in [2.05, 4.69) is 21.0 Å². The molecule has 1 fully saturated rings. The Labute approximate surface area is 197 Å². The van der Waals surface area contributed by atoms with Crippen molar-refractivity contribution in [1.82, 2.24) is 18.6 Å². The number of nitriles is 1. The number of aliphatic hydroxyl groups excluding tert-OH is 1. The van der Waals surface area contributed by atoms with Crippen molar-refractivity contribution in [2.45, 2.75) is 44.1 Å². The molecule has 4 aromatic rings. The van der Waals surface area contributed by atoms with Crippen LogP contribution in [0.15, 0.2) is 47.6 Å². The summed E-state index contributed by atoms with van der Waals surface area (Å²) in [5.74, 6) is 0.839. The molecule has 0 saturated carbocycles. The summed E-state index contributed by atoms with van der Waals surface area (Å²) in [7, 11) is -3.84. The van der Waals surface area contributed by atoms with Crippen LogP contribution in [0.25, 0.3) is 22.1 Å². The van der Waals surface area contributed by atoms with E-state index in [1.165, 1.54) is 10.2 Å². The van der Waals surface area contributed by atoms with Crippen LogP contribution in [0.2, 0.25) is 0 Å². The summed E-state index contributed by atoms with van der Waals surface area (Å²) in [6.07, 6.45) is 4.52. The molecule has 1 atom stereocenters. The second-order valence-corrected chi connectivity index (χ2v) is 10.7. The number of hydrogen-bond acceptors (Lipinski definition) is 7. The molecule has 1 saturated heterocycles. The number of fused-ring (bicyclic) bond motifs is 3. The predicted octanol–water partition coefficient (Wildman–Crippen LogP) is 3.25. The van der Waals surface area contributed by atoms with Crippen molar-refractivity contribution in [2.75, 3.05) is 18.1 Å². The van der Waals surface area contributed by atoms with Gasteiger partial charge in [-0.1, -0.05) is 17.7 Å². The van der Waals surface area contributed by atoms with Gasteiger partial charge < -0.3 is 10.1 Å². The van der Waals surface area contributed by atoms with Crippen molar-refractivity contribution in [2.24, 2.45) is 5.92 Å². The number of aliphatic hydroxyl groups is 1. The highest BCUT2D eigenvalue weighted by atomic mass is 32.2. The van der Waals surface area contributed by atoms with E-state index >= 15 is 0 Å². The number of hydrogen-bond donors (Lipinski definition) is 1. The first-order chi connectivity index (χ1) is 16.3. The number of rotatable bonds is 5. The molecule has 10 heteroatoms. The highest BCUT2D eigenvalue weighted by Crippen LogP contribution is 2.31. The van der Waals surface area contributed by atoms with Crippen LogP contribution in [0, 0.1) is 24.2 Å². The molecule has 176 valence electrons. The smallest absolute Gasteiger partial charge is 0.269 e. The van der Waals surface area contributed by atoms with Gasteiger partial charge in [-0.15, -0.1) is 0 Å². The highest BCUT2D eigenvalue weighted by molar-refractivity contribution is 7.90. The third-order valence-electron chi connectivity index (χ3n) is 6.50. The van der Waals surface area contributed by atoms with Gasteiger partial charge in [-0.25, -0.2) is 27.0 Å². The van der Waals surface area contributed by atoms with Gasteiger partial charge in [0.1, 0.15) is 17.1 Å². The Kier molecular flexibility index (Phi) is 5.54. The van der Waals surface area contributed by atoms with Gasteiger partial charge in [0, 0.05) is 31.1 Å². The minimum atomic E-state index is -3.84. The molecule has 4 heterocycles. The van der Waals surface area contributed by atoms with Gasteiger partial charge in [-0.3, -0.25) is 0 Å². The van der Waals surface area contributed by atoms with Crippen LogP contribution in [0.5, 0.6) is 0 Å². The molecule has 1 aromatic carbocycles. The number of nitrogens with zero attached hydrogens (tertiary/aromatic N) is 6. The second kappa shape index (κ2) is 8.42. The number of aromatic nitrogens is 4. The molecular formula is C24H26N6O3S. The Balaban J connectivity index is 1.66. The summed E-state index contributed by atoms with van der Waals surface area (Å²) in [5.41, 5.74) is 2.60. The van der Waals surface area contributed by atoms with Crippen LogP contribution in [0.1, 0.15) is 43.7 Å². The van der Waals surface area contributed by atoms with Crippen molar-refractivity contribution < 1.29 is 13.5 Å². The highest BCUT2D eigenvalue weighted by Gasteiger charge is 2.28. The minimum Gasteiger partial charge on any atom is -0.385 e. The van der Waals surface area contributed by atoms with E-state index in [-0.39, 0.29) is 4.90 Å². The van der Waals surface area contributed by atoms with Gasteiger partial charge in [0.25, 0.3) is 10.0 Å². The largest absolute Gasteiger partial charge is 0.385 e. The molecule has 0 amide bonds. The third-order valence-corrected chi connectivity index (χ3v) is 8.18. The van der Waals surface area contributed by atoms with Crippen LogP contribution in [0.3, 0.4) is 0 Å². The summed E-state index contributed by atoms with van der Waals surface area (Å²) in [6, 6.07) is 10.7. The third kappa shape index (κ3) is 3.61. The lowest BCUT2D eigenvalue weighted by atomic mass is 9.95. The molecule has 1 aliphatic heterocycles. The topological polar surface area (TPSA) is 117 Å². The molecule has 1 unspecified atom stereocenters. The summed E-state index contributed by atoms with van der Waals surface area (Å²) in [4.78, 5) is 9.27. The molecule has 34 heavy (non-hydrogen) atoms.